The van der Waals surface area contributed by atoms with Crippen LogP contribution in [0.3, 0.4) is 0 Å². The lowest BCUT2D eigenvalue weighted by Gasteiger charge is -2.21. The summed E-state index contributed by atoms with van der Waals surface area (Å²) in [5.41, 5.74) is 5.41. The molecule has 0 aliphatic carbocycles. The maximum atomic E-state index is 11.6. The molecule has 0 radical (unpaired) electrons. The van der Waals surface area contributed by atoms with Gasteiger partial charge in [-0.1, -0.05) is 13.8 Å². The van der Waals surface area contributed by atoms with Crippen molar-refractivity contribution in [1.82, 2.24) is 4.90 Å². The lowest BCUT2D eigenvalue weighted by Crippen LogP contribution is -2.37. The summed E-state index contributed by atoms with van der Waals surface area (Å²) in [6.07, 6.45) is 1.08. The van der Waals surface area contributed by atoms with Gasteiger partial charge in [0.15, 0.2) is 0 Å². The highest BCUT2D eigenvalue weighted by Crippen LogP contribution is 2.04. The van der Waals surface area contributed by atoms with E-state index in [4.69, 9.17) is 10.8 Å². The van der Waals surface area contributed by atoms with Crippen LogP contribution in [0, 0.1) is 5.92 Å². The summed E-state index contributed by atoms with van der Waals surface area (Å²) in [7, 11) is 0. The van der Waals surface area contributed by atoms with E-state index in [0.717, 1.165) is 6.42 Å². The van der Waals surface area contributed by atoms with Gasteiger partial charge in [0.05, 0.1) is 0 Å². The molecule has 0 rings (SSSR count). The molecule has 15 heavy (non-hydrogen) atoms. The fourth-order valence-electron chi connectivity index (χ4n) is 1.24. The Kier molecular flexibility index (Phi) is 6.70. The minimum atomic E-state index is -0.975. The second kappa shape index (κ2) is 7.23. The average Bonchev–Trinajstić information content (AvgIpc) is 2.16. The Balaban J connectivity index is 4.21. The molecule has 0 saturated carbocycles. The third-order valence-electron chi connectivity index (χ3n) is 2.10. The molecular weight excluding hydrogens is 196 g/mol. The highest BCUT2D eigenvalue weighted by Gasteiger charge is 2.17. The molecule has 0 aromatic heterocycles. The van der Waals surface area contributed by atoms with E-state index in [0.29, 0.717) is 19.5 Å². The summed E-state index contributed by atoms with van der Waals surface area (Å²) in [5, 5.41) is 8.63. The Labute approximate surface area is 90.2 Å². The SMILES string of the molecule is CCCN(CC(=O)O)C(=O)CC(C)CN. The van der Waals surface area contributed by atoms with Gasteiger partial charge in [0, 0.05) is 13.0 Å². The van der Waals surface area contributed by atoms with Gasteiger partial charge >= 0.3 is 5.97 Å². The number of nitrogens with zero attached hydrogens (tertiary/aromatic N) is 1. The van der Waals surface area contributed by atoms with Crippen LogP contribution in [0.15, 0.2) is 0 Å². The standard InChI is InChI=1S/C10H20N2O3/c1-3-4-12(7-10(14)15)9(13)5-8(2)6-11/h8H,3-7,11H2,1-2H3,(H,14,15). The zero-order valence-electron chi connectivity index (χ0n) is 9.40. The Bertz CT molecular complexity index is 219. The Morgan fingerprint density at radius 3 is 2.47 bits per heavy atom. The van der Waals surface area contributed by atoms with E-state index >= 15 is 0 Å². The second-order valence-electron chi connectivity index (χ2n) is 3.75. The predicted molar refractivity (Wildman–Crippen MR) is 57.3 cm³/mol. The maximum absolute atomic E-state index is 11.6. The van der Waals surface area contributed by atoms with Crippen molar-refractivity contribution in [1.29, 1.82) is 0 Å². The summed E-state index contributed by atoms with van der Waals surface area (Å²) in [6.45, 7) is 4.50. The third kappa shape index (κ3) is 6.06. The zero-order chi connectivity index (χ0) is 11.8. The number of rotatable bonds is 7. The quantitative estimate of drug-likeness (QED) is 0.641. The summed E-state index contributed by atoms with van der Waals surface area (Å²) in [5.74, 6) is -1.000. The second-order valence-corrected chi connectivity index (χ2v) is 3.75. The van der Waals surface area contributed by atoms with Crippen LogP contribution < -0.4 is 5.73 Å². The minimum Gasteiger partial charge on any atom is -0.480 e. The molecule has 0 aliphatic rings. The van der Waals surface area contributed by atoms with E-state index in [1.807, 2.05) is 13.8 Å². The van der Waals surface area contributed by atoms with Crippen molar-refractivity contribution in [2.75, 3.05) is 19.6 Å². The largest absolute Gasteiger partial charge is 0.480 e. The lowest BCUT2D eigenvalue weighted by molar-refractivity contribution is -0.144. The summed E-state index contributed by atoms with van der Waals surface area (Å²) in [4.78, 5) is 23.5. The molecule has 0 bridgehead atoms. The van der Waals surface area contributed by atoms with E-state index in [1.54, 1.807) is 0 Å². The first-order valence-corrected chi connectivity index (χ1v) is 5.20. The molecule has 0 spiro atoms. The highest BCUT2D eigenvalue weighted by atomic mass is 16.4. The third-order valence-corrected chi connectivity index (χ3v) is 2.10. The van der Waals surface area contributed by atoms with E-state index in [2.05, 4.69) is 0 Å². The van der Waals surface area contributed by atoms with E-state index in [1.165, 1.54) is 4.90 Å². The van der Waals surface area contributed by atoms with Gasteiger partial charge in [-0.05, 0) is 18.9 Å². The van der Waals surface area contributed by atoms with E-state index < -0.39 is 5.97 Å². The fraction of sp³-hybridized carbons (Fsp3) is 0.800. The van der Waals surface area contributed by atoms with E-state index in [9.17, 15) is 9.59 Å². The smallest absolute Gasteiger partial charge is 0.323 e. The molecule has 1 amide bonds. The molecule has 0 heterocycles. The Morgan fingerprint density at radius 2 is 2.07 bits per heavy atom. The fourth-order valence-corrected chi connectivity index (χ4v) is 1.24. The van der Waals surface area contributed by atoms with Crippen molar-refractivity contribution < 1.29 is 14.7 Å². The maximum Gasteiger partial charge on any atom is 0.323 e. The van der Waals surface area contributed by atoms with Crippen molar-refractivity contribution in [3.8, 4) is 0 Å². The number of carbonyl (C=O) groups is 2. The van der Waals surface area contributed by atoms with Gasteiger partial charge in [0.25, 0.3) is 0 Å². The molecule has 1 atom stereocenters. The number of carbonyl (C=O) groups excluding carboxylic acids is 1. The van der Waals surface area contributed by atoms with Gasteiger partial charge in [-0.15, -0.1) is 0 Å². The van der Waals surface area contributed by atoms with Gasteiger partial charge in [-0.25, -0.2) is 0 Å². The van der Waals surface area contributed by atoms with Crippen LogP contribution >= 0.6 is 0 Å². The minimum absolute atomic E-state index is 0.102. The molecule has 0 saturated heterocycles. The molecular formula is C10H20N2O3. The van der Waals surface area contributed by atoms with Crippen LogP contribution in [0.1, 0.15) is 26.7 Å². The monoisotopic (exact) mass is 216 g/mol. The molecule has 0 aromatic carbocycles. The first-order chi connectivity index (χ1) is 7.01. The van der Waals surface area contributed by atoms with Gasteiger partial charge in [-0.3, -0.25) is 9.59 Å². The van der Waals surface area contributed by atoms with Crippen molar-refractivity contribution >= 4 is 11.9 Å². The molecule has 1 unspecified atom stereocenters. The Morgan fingerprint density at radius 1 is 1.47 bits per heavy atom. The average molecular weight is 216 g/mol. The predicted octanol–water partition coefficient (Wildman–Crippen LogP) is 0.295. The number of carboxylic acid groups (broad SMARTS) is 1. The molecule has 5 nitrogen and oxygen atoms in total. The summed E-state index contributed by atoms with van der Waals surface area (Å²) in [6, 6.07) is 0. The van der Waals surface area contributed by atoms with Crippen LogP contribution in [0.4, 0.5) is 0 Å². The van der Waals surface area contributed by atoms with Crippen LogP contribution in [-0.4, -0.2) is 41.5 Å². The first-order valence-electron chi connectivity index (χ1n) is 5.20. The first kappa shape index (κ1) is 13.9. The number of amides is 1. The van der Waals surface area contributed by atoms with Crippen molar-refractivity contribution in [3.63, 3.8) is 0 Å². The van der Waals surface area contributed by atoms with Crippen LogP contribution in [0.5, 0.6) is 0 Å². The number of hydrogen-bond acceptors (Lipinski definition) is 3. The van der Waals surface area contributed by atoms with Crippen LogP contribution in [0.2, 0.25) is 0 Å². The number of hydrogen-bond donors (Lipinski definition) is 2. The molecule has 0 aromatic rings. The van der Waals surface area contributed by atoms with E-state index in [-0.39, 0.29) is 18.4 Å². The number of carboxylic acids is 1. The van der Waals surface area contributed by atoms with Gasteiger partial charge in [0.1, 0.15) is 6.54 Å². The molecule has 0 fully saturated rings. The summed E-state index contributed by atoms with van der Waals surface area (Å²) < 4.78 is 0. The Hall–Kier alpha value is -1.10. The summed E-state index contributed by atoms with van der Waals surface area (Å²) >= 11 is 0. The molecule has 88 valence electrons. The molecule has 0 aliphatic heterocycles. The lowest BCUT2D eigenvalue weighted by atomic mass is 10.1. The van der Waals surface area contributed by atoms with Crippen LogP contribution in [0.25, 0.3) is 0 Å². The van der Waals surface area contributed by atoms with Crippen molar-refractivity contribution in [2.45, 2.75) is 26.7 Å². The van der Waals surface area contributed by atoms with Gasteiger partial charge in [-0.2, -0.15) is 0 Å². The number of nitrogens with two attached hydrogens (primary N) is 1. The highest BCUT2D eigenvalue weighted by molar-refractivity contribution is 5.81. The normalized spacial score (nSPS) is 12.2. The van der Waals surface area contributed by atoms with Gasteiger partial charge in [0.2, 0.25) is 5.91 Å². The molecule has 3 N–H and O–H groups in total. The topological polar surface area (TPSA) is 83.6 Å². The van der Waals surface area contributed by atoms with Gasteiger partial charge < -0.3 is 15.7 Å². The van der Waals surface area contributed by atoms with Crippen molar-refractivity contribution in [2.24, 2.45) is 11.7 Å². The van der Waals surface area contributed by atoms with Crippen molar-refractivity contribution in [3.05, 3.63) is 0 Å². The van der Waals surface area contributed by atoms with Crippen LogP contribution in [-0.2, 0) is 9.59 Å². The molecule has 5 heteroatoms. The number of aliphatic carboxylic acids is 1. The zero-order valence-corrected chi connectivity index (χ0v) is 9.40.